The van der Waals surface area contributed by atoms with Crippen LogP contribution in [0.1, 0.15) is 56.1 Å². The molecular weight excluding hydrogens is 496 g/mol. The second kappa shape index (κ2) is 10.6. The van der Waals surface area contributed by atoms with Crippen molar-refractivity contribution in [3.8, 4) is 5.69 Å². The van der Waals surface area contributed by atoms with Gasteiger partial charge in [-0.3, -0.25) is 19.0 Å². The van der Waals surface area contributed by atoms with Gasteiger partial charge in [0, 0.05) is 12.1 Å². The molecule has 8 nitrogen and oxygen atoms in total. The number of esters is 1. The number of aromatic nitrogens is 1. The van der Waals surface area contributed by atoms with Crippen molar-refractivity contribution in [2.24, 2.45) is 0 Å². The maximum Gasteiger partial charge on any atom is 0.331 e. The van der Waals surface area contributed by atoms with Crippen molar-refractivity contribution < 1.29 is 27.9 Å². The molecule has 0 unspecified atom stereocenters. The summed E-state index contributed by atoms with van der Waals surface area (Å²) in [5.74, 6) is -3.91. The summed E-state index contributed by atoms with van der Waals surface area (Å²) in [6, 6.07) is 11.1. The van der Waals surface area contributed by atoms with Crippen molar-refractivity contribution in [1.29, 1.82) is 0 Å². The number of nitrogens with one attached hydrogen (secondary N) is 1. The average Bonchev–Trinajstić information content (AvgIpc) is 2.78. The van der Waals surface area contributed by atoms with E-state index in [-0.39, 0.29) is 23.4 Å². The molecule has 1 heterocycles. The van der Waals surface area contributed by atoms with Gasteiger partial charge in [-0.1, -0.05) is 12.1 Å². The molecule has 0 fully saturated rings. The number of rotatable bonds is 7. The zero-order chi connectivity index (χ0) is 28.4. The van der Waals surface area contributed by atoms with Crippen LogP contribution in [0.3, 0.4) is 0 Å². The number of benzene rings is 2. The number of hydrogen-bond donors (Lipinski definition) is 2. The molecule has 1 aromatic heterocycles. The molecule has 200 valence electrons. The van der Waals surface area contributed by atoms with Gasteiger partial charge in [-0.05, 0) is 70.5 Å². The fraction of sp³-hybridized carbons (Fsp3) is 0.286. The Morgan fingerprint density at radius 3 is 2.11 bits per heavy atom. The van der Waals surface area contributed by atoms with Crippen LogP contribution in [-0.4, -0.2) is 33.4 Å². The third-order valence-corrected chi connectivity index (χ3v) is 5.47. The Balaban J connectivity index is 1.81. The summed E-state index contributed by atoms with van der Waals surface area (Å²) in [5.41, 5.74) is 4.00. The van der Waals surface area contributed by atoms with Crippen LogP contribution in [0.2, 0.25) is 0 Å². The lowest BCUT2D eigenvalue weighted by molar-refractivity contribution is -0.163. The van der Waals surface area contributed by atoms with Crippen LogP contribution in [0, 0.1) is 11.6 Å². The Hall–Kier alpha value is -4.34. The molecule has 0 aliphatic carbocycles. The van der Waals surface area contributed by atoms with Crippen molar-refractivity contribution in [3.05, 3.63) is 93.3 Å². The number of hydrogen-bond acceptors (Lipinski definition) is 6. The number of anilines is 1. The van der Waals surface area contributed by atoms with E-state index in [4.69, 9.17) is 10.5 Å². The third-order valence-electron chi connectivity index (χ3n) is 5.47. The highest BCUT2D eigenvalue weighted by Crippen LogP contribution is 2.21. The van der Waals surface area contributed by atoms with Crippen LogP contribution in [0.15, 0.2) is 59.4 Å². The second-order valence-corrected chi connectivity index (χ2v) is 10.3. The predicted octanol–water partition coefficient (Wildman–Crippen LogP) is 3.71. The number of pyridine rings is 1. The lowest BCUT2D eigenvalue weighted by Crippen LogP contribution is -2.52. The Labute approximate surface area is 218 Å². The van der Waals surface area contributed by atoms with Crippen molar-refractivity contribution in [2.75, 3.05) is 5.73 Å². The van der Waals surface area contributed by atoms with Crippen molar-refractivity contribution in [1.82, 2.24) is 9.88 Å². The minimum absolute atomic E-state index is 0.0563. The minimum atomic E-state index is -1.25. The average molecular weight is 526 g/mol. The summed E-state index contributed by atoms with van der Waals surface area (Å²) in [4.78, 5) is 50.4. The first kappa shape index (κ1) is 28.2. The van der Waals surface area contributed by atoms with Gasteiger partial charge in [-0.25, -0.2) is 13.6 Å². The van der Waals surface area contributed by atoms with E-state index in [2.05, 4.69) is 5.32 Å². The summed E-state index contributed by atoms with van der Waals surface area (Å²) in [7, 11) is 0. The van der Waals surface area contributed by atoms with E-state index >= 15 is 0 Å². The third kappa shape index (κ3) is 6.50. The van der Waals surface area contributed by atoms with Crippen LogP contribution in [0.5, 0.6) is 0 Å². The van der Waals surface area contributed by atoms with Gasteiger partial charge in [0.25, 0.3) is 5.56 Å². The molecule has 0 bridgehead atoms. The van der Waals surface area contributed by atoms with Gasteiger partial charge in [0.15, 0.2) is 5.78 Å². The predicted molar refractivity (Wildman–Crippen MR) is 138 cm³/mol. The van der Waals surface area contributed by atoms with Crippen LogP contribution in [0.25, 0.3) is 5.69 Å². The normalized spacial score (nSPS) is 11.7. The van der Waals surface area contributed by atoms with Gasteiger partial charge in [0.2, 0.25) is 5.91 Å². The van der Waals surface area contributed by atoms with Gasteiger partial charge in [-0.15, -0.1) is 0 Å². The van der Waals surface area contributed by atoms with E-state index in [9.17, 15) is 28.0 Å². The highest BCUT2D eigenvalue weighted by atomic mass is 19.1. The number of ether oxygens (including phenoxy) is 1. The summed E-state index contributed by atoms with van der Waals surface area (Å²) in [6.45, 7) is 8.28. The van der Waals surface area contributed by atoms with Crippen LogP contribution >= 0.6 is 0 Å². The minimum Gasteiger partial charge on any atom is -0.458 e. The van der Waals surface area contributed by atoms with E-state index in [0.29, 0.717) is 17.3 Å². The molecule has 0 radical (unpaired) electrons. The Kier molecular flexibility index (Phi) is 7.85. The number of amides is 1. The molecular formula is C28H29F2N3O5. The zero-order valence-corrected chi connectivity index (χ0v) is 21.7. The first-order valence-electron chi connectivity index (χ1n) is 11.7. The zero-order valence-electron chi connectivity index (χ0n) is 21.7. The fourth-order valence-corrected chi connectivity index (χ4v) is 3.63. The molecule has 1 amide bonds. The first-order valence-corrected chi connectivity index (χ1v) is 11.7. The topological polar surface area (TPSA) is 120 Å². The number of ketones is 1. The molecule has 10 heteroatoms. The van der Waals surface area contributed by atoms with E-state index in [1.807, 2.05) is 0 Å². The van der Waals surface area contributed by atoms with E-state index in [1.54, 1.807) is 46.8 Å². The number of halogens is 2. The van der Waals surface area contributed by atoms with Gasteiger partial charge in [0.05, 0.1) is 23.2 Å². The molecule has 3 N–H and O–H groups in total. The van der Waals surface area contributed by atoms with Gasteiger partial charge in [0.1, 0.15) is 28.6 Å². The van der Waals surface area contributed by atoms with E-state index in [0.717, 1.165) is 22.8 Å². The highest BCUT2D eigenvalue weighted by Gasteiger charge is 2.34. The second-order valence-electron chi connectivity index (χ2n) is 10.3. The molecule has 0 aliphatic heterocycles. The Bertz CT molecular complexity index is 1450. The quantitative estimate of drug-likeness (QED) is 0.359. The molecule has 0 saturated carbocycles. The maximum absolute atomic E-state index is 14.2. The lowest BCUT2D eigenvalue weighted by Gasteiger charge is -2.29. The molecule has 2 aromatic carbocycles. The van der Waals surface area contributed by atoms with Crippen molar-refractivity contribution in [3.63, 3.8) is 0 Å². The maximum atomic E-state index is 14.2. The summed E-state index contributed by atoms with van der Waals surface area (Å²) >= 11 is 0. The highest BCUT2D eigenvalue weighted by molar-refractivity contribution is 6.11. The number of nitrogens with zero attached hydrogens (tertiary/aromatic N) is 1. The van der Waals surface area contributed by atoms with Gasteiger partial charge < -0.3 is 15.8 Å². The fourth-order valence-electron chi connectivity index (χ4n) is 3.63. The number of carbonyl (C=O) groups is 3. The SMILES string of the molecule is CC(C)(C)OC(=O)C(C)(C)NC(=O)Cc1ccc(-n2c(N)c(C(=O)c3ccc(F)cc3F)ccc2=O)cc1. The van der Waals surface area contributed by atoms with Crippen LogP contribution < -0.4 is 16.6 Å². The van der Waals surface area contributed by atoms with Crippen molar-refractivity contribution in [2.45, 2.75) is 52.2 Å². The van der Waals surface area contributed by atoms with Crippen LogP contribution in [0.4, 0.5) is 14.6 Å². The number of nitrogen functional groups attached to an aromatic ring is 1. The summed E-state index contributed by atoms with van der Waals surface area (Å²) < 4.78 is 33.8. The van der Waals surface area contributed by atoms with Gasteiger partial charge in [-0.2, -0.15) is 0 Å². The summed E-state index contributed by atoms with van der Waals surface area (Å²) in [6.07, 6.45) is -0.0563. The first-order chi connectivity index (χ1) is 17.6. The standard InChI is InChI=1S/C28H29F2N3O5/c1-27(2,3)38-26(37)28(4,5)32-22(34)14-16-6-9-18(10-7-16)33-23(35)13-12-20(25(33)31)24(36)19-11-8-17(29)15-21(19)30/h6-13,15H,14,31H2,1-5H3,(H,32,34). The van der Waals surface area contributed by atoms with Gasteiger partial charge >= 0.3 is 5.97 Å². The smallest absolute Gasteiger partial charge is 0.331 e. The monoisotopic (exact) mass is 525 g/mol. The summed E-state index contributed by atoms with van der Waals surface area (Å²) in [5, 5.41) is 2.65. The number of nitrogens with two attached hydrogens (primary N) is 1. The largest absolute Gasteiger partial charge is 0.458 e. The van der Waals surface area contributed by atoms with E-state index in [1.165, 1.54) is 18.2 Å². The molecule has 38 heavy (non-hydrogen) atoms. The molecule has 0 aliphatic rings. The molecule has 0 atom stereocenters. The Morgan fingerprint density at radius 2 is 1.53 bits per heavy atom. The molecule has 0 saturated heterocycles. The lowest BCUT2D eigenvalue weighted by atomic mass is 10.0. The van der Waals surface area contributed by atoms with Crippen LogP contribution in [-0.2, 0) is 20.7 Å². The van der Waals surface area contributed by atoms with E-state index < -0.39 is 46.0 Å². The molecule has 3 rings (SSSR count). The Morgan fingerprint density at radius 1 is 0.921 bits per heavy atom. The van der Waals surface area contributed by atoms with Crippen molar-refractivity contribution >= 4 is 23.5 Å². The molecule has 0 spiro atoms. The molecule has 3 aromatic rings. The number of carbonyl (C=O) groups excluding carboxylic acids is 3.